The Morgan fingerprint density at radius 2 is 2.28 bits per heavy atom. The molecule has 0 radical (unpaired) electrons. The molecule has 1 aliphatic rings. The lowest BCUT2D eigenvalue weighted by molar-refractivity contribution is 0.231. The first-order valence-electron chi connectivity index (χ1n) is 8.32. The van der Waals surface area contributed by atoms with Crippen molar-refractivity contribution < 1.29 is 4.39 Å². The van der Waals surface area contributed by atoms with E-state index in [1.54, 1.807) is 12.4 Å². The van der Waals surface area contributed by atoms with Crippen LogP contribution in [-0.4, -0.2) is 67.2 Å². The number of likely N-dealkylation sites (N-methyl/N-ethyl adjacent to an activating group) is 1. The first-order valence-corrected chi connectivity index (χ1v) is 8.32. The molecule has 9 heteroatoms. The molecule has 1 fully saturated rings. The summed E-state index contributed by atoms with van der Waals surface area (Å²) in [5.41, 5.74) is 1.79. The average Bonchev–Trinajstić information content (AvgIpc) is 3.29. The molecule has 1 aliphatic heterocycles. The van der Waals surface area contributed by atoms with Crippen LogP contribution in [0.2, 0.25) is 0 Å². The van der Waals surface area contributed by atoms with Gasteiger partial charge in [0.25, 0.3) is 0 Å². The Labute approximate surface area is 144 Å². The highest BCUT2D eigenvalue weighted by Crippen LogP contribution is 2.26. The number of fused-ring (bicyclic) bond motifs is 1. The highest BCUT2D eigenvalue weighted by molar-refractivity contribution is 5.85. The Morgan fingerprint density at radius 3 is 3.08 bits per heavy atom. The topological polar surface area (TPSA) is 78.8 Å². The van der Waals surface area contributed by atoms with Crippen molar-refractivity contribution in [1.29, 1.82) is 0 Å². The van der Waals surface area contributed by atoms with Gasteiger partial charge in [-0.05, 0) is 12.5 Å². The van der Waals surface area contributed by atoms with Crippen LogP contribution in [0.5, 0.6) is 0 Å². The van der Waals surface area contributed by atoms with Gasteiger partial charge in [0.1, 0.15) is 18.3 Å². The zero-order valence-electron chi connectivity index (χ0n) is 14.3. The van der Waals surface area contributed by atoms with Gasteiger partial charge in [-0.1, -0.05) is 0 Å². The maximum atomic E-state index is 14.1. The van der Waals surface area contributed by atoms with Crippen molar-refractivity contribution in [2.75, 3.05) is 25.0 Å². The molecular formula is C16H21FN8. The van der Waals surface area contributed by atoms with Crippen molar-refractivity contribution >= 4 is 16.9 Å². The molecule has 25 heavy (non-hydrogen) atoms. The third kappa shape index (κ3) is 3.07. The van der Waals surface area contributed by atoms with Crippen molar-refractivity contribution in [2.45, 2.75) is 25.2 Å². The fraction of sp³-hybridized carbons (Fsp3) is 0.500. The lowest BCUT2D eigenvalue weighted by atomic mass is 10.2. The van der Waals surface area contributed by atoms with E-state index >= 15 is 0 Å². The molecule has 8 nitrogen and oxygen atoms in total. The summed E-state index contributed by atoms with van der Waals surface area (Å²) in [4.78, 5) is 12.8. The van der Waals surface area contributed by atoms with Crippen molar-refractivity contribution in [3.05, 3.63) is 30.5 Å². The minimum Gasteiger partial charge on any atom is -0.357 e. The normalized spacial score (nSPS) is 21.2. The van der Waals surface area contributed by atoms with Gasteiger partial charge < -0.3 is 4.90 Å². The van der Waals surface area contributed by atoms with Crippen LogP contribution in [0.4, 0.5) is 10.2 Å². The first-order chi connectivity index (χ1) is 12.1. The molecule has 1 N–H and O–H groups in total. The van der Waals surface area contributed by atoms with Crippen LogP contribution in [0.15, 0.2) is 24.8 Å². The second-order valence-corrected chi connectivity index (χ2v) is 6.57. The molecule has 132 valence electrons. The van der Waals surface area contributed by atoms with Crippen LogP contribution in [-0.2, 0) is 13.6 Å². The van der Waals surface area contributed by atoms with Crippen LogP contribution in [0.1, 0.15) is 12.1 Å². The second-order valence-electron chi connectivity index (χ2n) is 6.57. The number of aryl methyl sites for hydroxylation is 1. The summed E-state index contributed by atoms with van der Waals surface area (Å²) in [6.07, 6.45) is 4.75. The lowest BCUT2D eigenvalue weighted by Gasteiger charge is -2.29. The molecule has 3 aromatic heterocycles. The quantitative estimate of drug-likeness (QED) is 0.748. The molecule has 0 unspecified atom stereocenters. The molecular weight excluding hydrogens is 323 g/mol. The van der Waals surface area contributed by atoms with Gasteiger partial charge in [-0.25, -0.2) is 14.4 Å². The number of aromatic amines is 1. The van der Waals surface area contributed by atoms with E-state index in [0.29, 0.717) is 31.7 Å². The molecule has 3 aromatic rings. The Balaban J connectivity index is 1.52. The molecule has 0 saturated carbocycles. The van der Waals surface area contributed by atoms with Crippen molar-refractivity contribution in [3.63, 3.8) is 0 Å². The fourth-order valence-corrected chi connectivity index (χ4v) is 3.53. The number of aromatic nitrogens is 6. The summed E-state index contributed by atoms with van der Waals surface area (Å²) >= 11 is 0. The summed E-state index contributed by atoms with van der Waals surface area (Å²) in [6, 6.07) is 2.10. The van der Waals surface area contributed by atoms with Crippen LogP contribution < -0.4 is 4.90 Å². The van der Waals surface area contributed by atoms with Gasteiger partial charge in [-0.2, -0.15) is 10.2 Å². The van der Waals surface area contributed by atoms with E-state index in [0.717, 1.165) is 16.9 Å². The highest BCUT2D eigenvalue weighted by Gasteiger charge is 2.33. The summed E-state index contributed by atoms with van der Waals surface area (Å²) in [5, 5.41) is 12.0. The van der Waals surface area contributed by atoms with Crippen LogP contribution >= 0.6 is 0 Å². The Morgan fingerprint density at radius 1 is 1.40 bits per heavy atom. The number of hydrogen-bond donors (Lipinski definition) is 1. The van der Waals surface area contributed by atoms with Gasteiger partial charge >= 0.3 is 0 Å². The summed E-state index contributed by atoms with van der Waals surface area (Å²) in [7, 11) is 3.89. The van der Waals surface area contributed by atoms with Gasteiger partial charge in [0.2, 0.25) is 0 Å². The lowest BCUT2D eigenvalue weighted by Crippen LogP contribution is -2.39. The van der Waals surface area contributed by atoms with Crippen molar-refractivity contribution in [1.82, 2.24) is 34.8 Å². The van der Waals surface area contributed by atoms with Gasteiger partial charge in [0, 0.05) is 46.0 Å². The summed E-state index contributed by atoms with van der Waals surface area (Å²) in [6.45, 7) is 1.84. The molecule has 0 aromatic carbocycles. The third-order valence-electron chi connectivity index (χ3n) is 4.84. The SMILES string of the molecule is CN(C[C@@H]1C[C@H](F)CN1Cc1ccnn1C)c1ncnc2[nH]ncc12. The molecule has 4 rings (SSSR count). The maximum Gasteiger partial charge on any atom is 0.160 e. The predicted molar refractivity (Wildman–Crippen MR) is 91.9 cm³/mol. The van der Waals surface area contributed by atoms with Crippen LogP contribution in [0.25, 0.3) is 11.0 Å². The smallest absolute Gasteiger partial charge is 0.160 e. The minimum atomic E-state index is -0.800. The molecule has 1 saturated heterocycles. The van der Waals surface area contributed by atoms with Crippen molar-refractivity contribution in [3.8, 4) is 0 Å². The van der Waals surface area contributed by atoms with Crippen LogP contribution in [0, 0.1) is 0 Å². The minimum absolute atomic E-state index is 0.117. The van der Waals surface area contributed by atoms with E-state index in [4.69, 9.17) is 0 Å². The Hall–Kier alpha value is -2.55. The average molecular weight is 344 g/mol. The molecule has 0 aliphatic carbocycles. The van der Waals surface area contributed by atoms with E-state index in [-0.39, 0.29) is 6.04 Å². The molecule has 4 heterocycles. The number of alkyl halides is 1. The molecule has 0 bridgehead atoms. The number of rotatable bonds is 5. The molecule has 0 amide bonds. The zero-order valence-corrected chi connectivity index (χ0v) is 14.3. The predicted octanol–water partition coefficient (Wildman–Crippen LogP) is 1.14. The number of nitrogens with one attached hydrogen (secondary N) is 1. The monoisotopic (exact) mass is 344 g/mol. The summed E-state index contributed by atoms with van der Waals surface area (Å²) < 4.78 is 15.9. The number of hydrogen-bond acceptors (Lipinski definition) is 6. The molecule has 2 atom stereocenters. The maximum absolute atomic E-state index is 14.1. The van der Waals surface area contributed by atoms with Gasteiger partial charge in [0.05, 0.1) is 17.3 Å². The van der Waals surface area contributed by atoms with Gasteiger partial charge in [0.15, 0.2) is 5.65 Å². The largest absolute Gasteiger partial charge is 0.357 e. The highest BCUT2D eigenvalue weighted by atomic mass is 19.1. The van der Waals surface area contributed by atoms with E-state index in [2.05, 4.69) is 35.1 Å². The number of nitrogens with zero attached hydrogens (tertiary/aromatic N) is 7. The standard InChI is InChI=1S/C16H21FN8/c1-23(16-14-6-20-22-15(14)18-10-19-16)8-13-5-11(17)7-25(13)9-12-3-4-21-24(12)2/h3-4,6,10-11,13H,5,7-9H2,1-2H3,(H,18,19,20,22)/t11-,13-/m0/s1. The van der Waals surface area contributed by atoms with Crippen molar-refractivity contribution in [2.24, 2.45) is 7.05 Å². The number of likely N-dealkylation sites (tertiary alicyclic amines) is 1. The second kappa shape index (κ2) is 6.40. The zero-order chi connectivity index (χ0) is 17.4. The van der Waals surface area contributed by atoms with Gasteiger partial charge in [-0.3, -0.25) is 14.7 Å². The van der Waals surface area contributed by atoms with E-state index in [1.165, 1.54) is 6.33 Å². The fourth-order valence-electron chi connectivity index (χ4n) is 3.53. The van der Waals surface area contributed by atoms with E-state index < -0.39 is 6.17 Å². The molecule has 0 spiro atoms. The number of H-pyrrole nitrogens is 1. The first kappa shape index (κ1) is 15.9. The number of anilines is 1. The van der Waals surface area contributed by atoms with Gasteiger partial charge in [-0.15, -0.1) is 0 Å². The third-order valence-corrected chi connectivity index (χ3v) is 4.84. The Kier molecular flexibility index (Phi) is 4.08. The van der Waals surface area contributed by atoms with Crippen LogP contribution in [0.3, 0.4) is 0 Å². The Bertz CT molecular complexity index is 859. The van der Waals surface area contributed by atoms with E-state index in [1.807, 2.05) is 24.8 Å². The number of halogens is 1. The van der Waals surface area contributed by atoms with E-state index in [9.17, 15) is 4.39 Å². The summed E-state index contributed by atoms with van der Waals surface area (Å²) in [5.74, 6) is 0.807.